The van der Waals surface area contributed by atoms with Gasteiger partial charge in [-0.25, -0.2) is 4.98 Å². The topological polar surface area (TPSA) is 85.8 Å². The van der Waals surface area contributed by atoms with Gasteiger partial charge in [-0.15, -0.1) is 0 Å². The number of nitrogens with one attached hydrogen (secondary N) is 2. The third-order valence-electron chi connectivity index (χ3n) is 2.72. The molecule has 0 amide bonds. The number of aliphatic hydroxyl groups is 1. The molecule has 1 aromatic heterocycles. The number of rotatable bonds is 3. The van der Waals surface area contributed by atoms with Crippen LogP contribution in [0.2, 0.25) is 0 Å². The third-order valence-corrected chi connectivity index (χ3v) is 3.93. The molecule has 2 rings (SSSR count). The molecule has 1 atom stereocenters. The summed E-state index contributed by atoms with van der Waals surface area (Å²) >= 11 is 0.979. The molecule has 22 heavy (non-hydrogen) atoms. The molecule has 5 nitrogen and oxygen atoms in total. The first-order valence-electron chi connectivity index (χ1n) is 6.25. The molecule has 2 aromatic rings. The van der Waals surface area contributed by atoms with Crippen LogP contribution in [0.3, 0.4) is 0 Å². The number of hydrogen-bond donors (Lipinski definition) is 3. The van der Waals surface area contributed by atoms with E-state index in [1.54, 1.807) is 6.07 Å². The molecule has 1 heterocycles. The van der Waals surface area contributed by atoms with Gasteiger partial charge < -0.3 is 5.11 Å². The van der Waals surface area contributed by atoms with Crippen LogP contribution >= 0.6 is 11.8 Å². The largest absolute Gasteiger partial charge is 0.449 e. The predicted octanol–water partition coefficient (Wildman–Crippen LogP) is 2.38. The van der Waals surface area contributed by atoms with Crippen LogP contribution in [0.1, 0.15) is 6.92 Å². The maximum atomic E-state index is 12.9. The Morgan fingerprint density at radius 3 is 2.64 bits per heavy atom. The lowest BCUT2D eigenvalue weighted by Crippen LogP contribution is -2.38. The maximum Gasteiger partial charge on any atom is 0.449 e. The predicted molar refractivity (Wildman–Crippen MR) is 77.2 cm³/mol. The van der Waals surface area contributed by atoms with Crippen LogP contribution in [-0.2, 0) is 0 Å². The van der Waals surface area contributed by atoms with E-state index in [4.69, 9.17) is 10.8 Å². The number of aromatic nitrogens is 2. The Morgan fingerprint density at radius 1 is 1.41 bits per heavy atom. The minimum atomic E-state index is -4.88. The summed E-state index contributed by atoms with van der Waals surface area (Å²) in [6, 6.07) is 6.03. The van der Waals surface area contributed by atoms with E-state index in [-0.39, 0.29) is 21.8 Å². The lowest BCUT2D eigenvalue weighted by atomic mass is 10.3. The number of aliphatic hydroxyl groups excluding tert-OH is 1. The van der Waals surface area contributed by atoms with Crippen LogP contribution in [0.4, 0.5) is 13.2 Å². The molecule has 0 spiro atoms. The van der Waals surface area contributed by atoms with Crippen LogP contribution in [0.5, 0.6) is 0 Å². The quantitative estimate of drug-likeness (QED) is 0.459. The normalized spacial score (nSPS) is 13.3. The van der Waals surface area contributed by atoms with E-state index in [0.29, 0.717) is 4.57 Å². The summed E-state index contributed by atoms with van der Waals surface area (Å²) in [5, 5.41) is 24.6. The molecule has 3 N–H and O–H groups in total. The fraction of sp³-hybridized carbons (Fsp3) is 0.308. The van der Waals surface area contributed by atoms with Gasteiger partial charge in [0.25, 0.3) is 0 Å². The second-order valence-corrected chi connectivity index (χ2v) is 5.60. The fourth-order valence-electron chi connectivity index (χ4n) is 1.79. The van der Waals surface area contributed by atoms with Crippen molar-refractivity contribution < 1.29 is 18.3 Å². The van der Waals surface area contributed by atoms with Crippen molar-refractivity contribution in [2.45, 2.75) is 24.2 Å². The average Bonchev–Trinajstić information content (AvgIpc) is 2.43. The molecule has 0 saturated carbocycles. The Balaban J connectivity index is 2.68. The molecule has 0 saturated heterocycles. The van der Waals surface area contributed by atoms with E-state index >= 15 is 0 Å². The first-order valence-corrected chi connectivity index (χ1v) is 7.23. The van der Waals surface area contributed by atoms with Crippen molar-refractivity contribution in [3.05, 3.63) is 29.8 Å². The molecule has 0 aliphatic heterocycles. The van der Waals surface area contributed by atoms with Crippen molar-refractivity contribution in [2.75, 3.05) is 5.75 Å². The summed E-state index contributed by atoms with van der Waals surface area (Å²) in [4.78, 5) is 4.15. The van der Waals surface area contributed by atoms with E-state index in [1.807, 2.05) is 0 Å². The summed E-state index contributed by atoms with van der Waals surface area (Å²) in [6.07, 6.45) is -5.57. The summed E-state index contributed by atoms with van der Waals surface area (Å²) in [7, 11) is 0. The van der Waals surface area contributed by atoms with Gasteiger partial charge in [0.2, 0.25) is 5.84 Å². The highest BCUT2D eigenvalue weighted by atomic mass is 32.2. The van der Waals surface area contributed by atoms with Gasteiger partial charge in [-0.2, -0.15) is 13.2 Å². The second-order valence-electron chi connectivity index (χ2n) is 4.60. The minimum Gasteiger partial charge on any atom is -0.393 e. The lowest BCUT2D eigenvalue weighted by molar-refractivity contribution is -0.0624. The summed E-state index contributed by atoms with van der Waals surface area (Å²) in [5.74, 6) is -1.45. The Hall–Kier alpha value is -1.87. The summed E-state index contributed by atoms with van der Waals surface area (Å²) in [5.41, 5.74) is -0.233. The minimum absolute atomic E-state index is 0.0357. The van der Waals surface area contributed by atoms with Gasteiger partial charge in [0.1, 0.15) is 5.03 Å². The molecular formula is C13H13F3N4OS. The van der Waals surface area contributed by atoms with E-state index in [9.17, 15) is 18.3 Å². The highest BCUT2D eigenvalue weighted by Gasteiger charge is 2.37. The van der Waals surface area contributed by atoms with Gasteiger partial charge in [0.05, 0.1) is 17.1 Å². The zero-order valence-electron chi connectivity index (χ0n) is 11.5. The highest BCUT2D eigenvalue weighted by Crippen LogP contribution is 2.22. The number of para-hydroxylation sites is 2. The van der Waals surface area contributed by atoms with Gasteiger partial charge in [0.15, 0.2) is 5.49 Å². The monoisotopic (exact) mass is 330 g/mol. The van der Waals surface area contributed by atoms with E-state index in [0.717, 1.165) is 11.8 Å². The first kappa shape index (κ1) is 16.5. The zero-order chi connectivity index (χ0) is 16.5. The van der Waals surface area contributed by atoms with Crippen molar-refractivity contribution in [3.8, 4) is 0 Å². The summed E-state index contributed by atoms with van der Waals surface area (Å²) < 4.78 is 39.2. The van der Waals surface area contributed by atoms with Gasteiger partial charge >= 0.3 is 6.18 Å². The molecule has 118 valence electrons. The molecule has 0 fully saturated rings. The van der Waals surface area contributed by atoms with E-state index in [1.165, 1.54) is 25.1 Å². The fourth-order valence-corrected chi connectivity index (χ4v) is 2.58. The van der Waals surface area contributed by atoms with E-state index < -0.39 is 23.6 Å². The van der Waals surface area contributed by atoms with Crippen LogP contribution in [-0.4, -0.2) is 38.5 Å². The molecule has 9 heteroatoms. The molecule has 1 unspecified atom stereocenters. The highest BCUT2D eigenvalue weighted by molar-refractivity contribution is 7.99. The number of alkyl halides is 3. The number of thioether (sulfide) groups is 1. The third kappa shape index (κ3) is 3.30. The molecule has 1 aromatic carbocycles. The van der Waals surface area contributed by atoms with E-state index in [2.05, 4.69) is 4.98 Å². The van der Waals surface area contributed by atoms with Crippen molar-refractivity contribution in [1.82, 2.24) is 9.55 Å². The molecule has 0 aliphatic rings. The number of hydrogen-bond acceptors (Lipinski definition) is 5. The molecule has 0 aliphatic carbocycles. The lowest BCUT2D eigenvalue weighted by Gasteiger charge is -2.16. The van der Waals surface area contributed by atoms with Crippen molar-refractivity contribution >= 4 is 28.6 Å². The number of nitrogens with zero attached hydrogens (tertiary/aromatic N) is 2. The Morgan fingerprint density at radius 2 is 2.05 bits per heavy atom. The maximum absolute atomic E-state index is 12.9. The zero-order valence-corrected chi connectivity index (χ0v) is 12.3. The molecule has 0 radical (unpaired) electrons. The molecular weight excluding hydrogens is 317 g/mol. The van der Waals surface area contributed by atoms with Crippen LogP contribution in [0.25, 0.3) is 11.0 Å². The van der Waals surface area contributed by atoms with Crippen LogP contribution < -0.4 is 5.49 Å². The van der Waals surface area contributed by atoms with Gasteiger partial charge in [-0.1, -0.05) is 23.9 Å². The van der Waals surface area contributed by atoms with Crippen molar-refractivity contribution in [1.29, 1.82) is 10.8 Å². The van der Waals surface area contributed by atoms with Crippen molar-refractivity contribution in [3.63, 3.8) is 0 Å². The Bertz CT molecular complexity index is 770. The average molecular weight is 330 g/mol. The van der Waals surface area contributed by atoms with Crippen LogP contribution in [0.15, 0.2) is 29.3 Å². The van der Waals surface area contributed by atoms with Gasteiger partial charge in [-0.05, 0) is 19.1 Å². The Labute approximate surface area is 127 Å². The van der Waals surface area contributed by atoms with Crippen LogP contribution in [0, 0.1) is 10.8 Å². The second kappa shape index (κ2) is 6.09. The Kier molecular flexibility index (Phi) is 4.57. The smallest absolute Gasteiger partial charge is 0.393 e. The molecule has 0 bridgehead atoms. The van der Waals surface area contributed by atoms with Crippen molar-refractivity contribution in [2.24, 2.45) is 0 Å². The van der Waals surface area contributed by atoms with Gasteiger partial charge in [0, 0.05) is 5.75 Å². The number of benzene rings is 1. The summed E-state index contributed by atoms with van der Waals surface area (Å²) in [6.45, 7) is 1.53. The van der Waals surface area contributed by atoms with Gasteiger partial charge in [-0.3, -0.25) is 15.4 Å². The SMILES string of the molecule is CC(O)CSc1nc2ccccc2n(C(=N)C(F)(F)F)c1=N. The first-order chi connectivity index (χ1) is 10.2. The standard InChI is InChI=1S/C13H13F3N4OS/c1-7(21)6-22-11-10(17)20(12(18)13(14,15)16)9-5-3-2-4-8(9)19-11/h2-5,7,17-18,21H,6H2,1H3. The number of halogens is 3. The number of fused-ring (bicyclic) bond motifs is 1.